The second-order valence-electron chi connectivity index (χ2n) is 32.9. The summed E-state index contributed by atoms with van der Waals surface area (Å²) in [6.45, 7) is 7.43. The summed E-state index contributed by atoms with van der Waals surface area (Å²) in [7, 11) is -9.93. The lowest BCUT2D eigenvalue weighted by molar-refractivity contribution is -0.161. The summed E-state index contributed by atoms with van der Waals surface area (Å²) in [5, 5.41) is 10.7. The van der Waals surface area contributed by atoms with Crippen molar-refractivity contribution in [1.29, 1.82) is 0 Å². The average molecular weight is 1610 g/mol. The molecule has 0 heterocycles. The quantitative estimate of drug-likeness (QED) is 0.0222. The molecule has 0 aliphatic rings. The number of esters is 4. The van der Waals surface area contributed by atoms with E-state index >= 15 is 0 Å². The lowest BCUT2D eigenvalue weighted by Crippen LogP contribution is -2.30. The Bertz CT molecular complexity index is 2080. The van der Waals surface area contributed by atoms with Crippen LogP contribution in [0.25, 0.3) is 0 Å². The van der Waals surface area contributed by atoms with E-state index in [9.17, 15) is 43.2 Å². The van der Waals surface area contributed by atoms with Gasteiger partial charge in [0.2, 0.25) is 0 Å². The first-order valence-electron chi connectivity index (χ1n) is 47.2. The van der Waals surface area contributed by atoms with Gasteiger partial charge in [-0.25, -0.2) is 9.13 Å². The minimum Gasteiger partial charge on any atom is -0.462 e. The topological polar surface area (TPSA) is 237 Å². The lowest BCUT2D eigenvalue weighted by Gasteiger charge is -2.21. The van der Waals surface area contributed by atoms with Gasteiger partial charge in [-0.05, 0) is 31.6 Å². The average Bonchev–Trinajstić information content (AvgIpc) is 0.895. The first-order valence-corrected chi connectivity index (χ1v) is 50.2. The molecule has 6 atom stereocenters. The summed E-state index contributed by atoms with van der Waals surface area (Å²) in [6.07, 6.45) is 79.4. The molecule has 0 aromatic carbocycles. The van der Waals surface area contributed by atoms with Crippen LogP contribution in [-0.4, -0.2) is 96.7 Å². The second-order valence-corrected chi connectivity index (χ2v) is 35.8. The van der Waals surface area contributed by atoms with Crippen LogP contribution in [0.15, 0.2) is 0 Å². The van der Waals surface area contributed by atoms with E-state index in [1.54, 1.807) is 0 Å². The number of carbonyl (C=O) groups is 4. The fourth-order valence-corrected chi connectivity index (χ4v) is 15.9. The van der Waals surface area contributed by atoms with Gasteiger partial charge in [-0.2, -0.15) is 0 Å². The first kappa shape index (κ1) is 108. The molecule has 3 N–H and O–H groups in total. The Kier molecular flexibility index (Phi) is 82.1. The van der Waals surface area contributed by atoms with Crippen LogP contribution in [0.2, 0.25) is 0 Å². The number of carbonyl (C=O) groups excluding carboxylic acids is 4. The van der Waals surface area contributed by atoms with E-state index in [4.69, 9.17) is 37.0 Å². The molecule has 0 aliphatic heterocycles. The van der Waals surface area contributed by atoms with Crippen molar-refractivity contribution in [3.8, 4) is 0 Å². The van der Waals surface area contributed by atoms with Crippen molar-refractivity contribution in [3.63, 3.8) is 0 Å². The van der Waals surface area contributed by atoms with Crippen LogP contribution >= 0.6 is 15.6 Å². The molecule has 19 heteroatoms. The maximum atomic E-state index is 13.2. The SMILES string of the molecule is CCCCCCCCCCCCCCCCCCCCCCC(=O)OC[C@H](COP(=O)(O)OC[C@@H](O)COP(=O)(O)OC[C@@H](COC(=O)CCCCCCCCCC)OC(=O)CCCCCCCCCCCCCCCCCCCCCC)OC(=O)CCCCCCCCCCCCCCCCCCCCC(C)CC. The van der Waals surface area contributed by atoms with Gasteiger partial charge >= 0.3 is 39.5 Å². The third kappa shape index (κ3) is 82.6. The summed E-state index contributed by atoms with van der Waals surface area (Å²) in [5.74, 6) is -1.23. The molecule has 654 valence electrons. The molecular weight excluding hydrogens is 1430 g/mol. The summed E-state index contributed by atoms with van der Waals surface area (Å²) in [5.41, 5.74) is 0. The number of hydrogen-bond donors (Lipinski definition) is 3. The molecule has 0 rings (SSSR count). The molecule has 0 fully saturated rings. The number of phosphoric acid groups is 2. The molecule has 3 unspecified atom stereocenters. The van der Waals surface area contributed by atoms with Crippen molar-refractivity contribution >= 4 is 39.5 Å². The predicted octanol–water partition coefficient (Wildman–Crippen LogP) is 28.3. The summed E-state index contributed by atoms with van der Waals surface area (Å²) >= 11 is 0. The van der Waals surface area contributed by atoms with Gasteiger partial charge in [0.1, 0.15) is 19.3 Å². The second kappa shape index (κ2) is 83.5. The van der Waals surface area contributed by atoms with Crippen LogP contribution in [-0.2, 0) is 65.4 Å². The van der Waals surface area contributed by atoms with E-state index in [1.165, 1.54) is 321 Å². The Morgan fingerprint density at radius 1 is 0.255 bits per heavy atom. The molecule has 0 saturated heterocycles. The van der Waals surface area contributed by atoms with E-state index in [2.05, 4.69) is 34.6 Å². The highest BCUT2D eigenvalue weighted by atomic mass is 31.2. The Balaban J connectivity index is 5.16. The largest absolute Gasteiger partial charge is 0.472 e. The van der Waals surface area contributed by atoms with Crippen LogP contribution < -0.4 is 0 Å². The molecule has 0 aromatic heterocycles. The Morgan fingerprint density at radius 3 is 0.645 bits per heavy atom. The van der Waals surface area contributed by atoms with Crippen molar-refractivity contribution in [3.05, 3.63) is 0 Å². The maximum Gasteiger partial charge on any atom is 0.472 e. The van der Waals surface area contributed by atoms with E-state index < -0.39 is 97.5 Å². The molecule has 17 nitrogen and oxygen atoms in total. The van der Waals surface area contributed by atoms with Crippen molar-refractivity contribution < 1.29 is 80.2 Å². The standard InChI is InChI=1S/C91H178O17P2/c1-6-10-13-16-19-22-24-26-28-30-32-34-39-43-47-51-55-60-65-70-75-89(94)102-81-87(108-91(96)77-72-67-62-57-53-49-45-41-37-36-38-42-46-50-54-58-63-68-73-84(5)9-4)83-106-110(99,100)104-79-85(92)78-103-109(97,98)105-82-86(80-101-88(93)74-69-64-59-21-18-15-12-8-3)107-90(95)76-71-66-61-56-52-48-44-40-35-33-31-29-27-25-23-20-17-14-11-7-2/h84-87,92H,6-83H2,1-5H3,(H,97,98)(H,99,100)/t84?,85-,86+,87+/m0/s1. The predicted molar refractivity (Wildman–Crippen MR) is 455 cm³/mol. The minimum atomic E-state index is -4.97. The van der Waals surface area contributed by atoms with E-state index in [0.717, 1.165) is 95.8 Å². The minimum absolute atomic E-state index is 0.109. The zero-order chi connectivity index (χ0) is 80.4. The van der Waals surface area contributed by atoms with Crippen molar-refractivity contribution in [2.24, 2.45) is 5.92 Å². The van der Waals surface area contributed by atoms with Gasteiger partial charge < -0.3 is 33.8 Å². The van der Waals surface area contributed by atoms with E-state index in [0.29, 0.717) is 25.7 Å². The summed E-state index contributed by atoms with van der Waals surface area (Å²) in [6, 6.07) is 0. The Morgan fingerprint density at radius 2 is 0.436 bits per heavy atom. The molecule has 0 aliphatic carbocycles. The van der Waals surface area contributed by atoms with Crippen molar-refractivity contribution in [1.82, 2.24) is 0 Å². The van der Waals surface area contributed by atoms with Gasteiger partial charge in [-0.1, -0.05) is 446 Å². The van der Waals surface area contributed by atoms with Crippen molar-refractivity contribution in [2.75, 3.05) is 39.6 Å². The van der Waals surface area contributed by atoms with Gasteiger partial charge in [-0.15, -0.1) is 0 Å². The number of ether oxygens (including phenoxy) is 4. The molecular formula is C91H178O17P2. The third-order valence-corrected chi connectivity index (χ3v) is 23.8. The van der Waals surface area contributed by atoms with Crippen LogP contribution in [0.4, 0.5) is 0 Å². The maximum absolute atomic E-state index is 13.2. The highest BCUT2D eigenvalue weighted by molar-refractivity contribution is 7.47. The number of rotatable bonds is 91. The Hall–Kier alpha value is -1.94. The van der Waals surface area contributed by atoms with E-state index in [1.807, 2.05) is 0 Å². The zero-order valence-electron chi connectivity index (χ0n) is 72.4. The van der Waals surface area contributed by atoms with Gasteiger partial charge in [-0.3, -0.25) is 37.3 Å². The fourth-order valence-electron chi connectivity index (χ4n) is 14.3. The highest BCUT2D eigenvalue weighted by Crippen LogP contribution is 2.45. The van der Waals surface area contributed by atoms with E-state index in [-0.39, 0.29) is 25.7 Å². The van der Waals surface area contributed by atoms with Gasteiger partial charge in [0.05, 0.1) is 26.4 Å². The highest BCUT2D eigenvalue weighted by Gasteiger charge is 2.31. The van der Waals surface area contributed by atoms with Crippen LogP contribution in [0.1, 0.15) is 497 Å². The summed E-state index contributed by atoms with van der Waals surface area (Å²) in [4.78, 5) is 73.3. The van der Waals surface area contributed by atoms with Gasteiger partial charge in [0.25, 0.3) is 0 Å². The van der Waals surface area contributed by atoms with Crippen LogP contribution in [0.3, 0.4) is 0 Å². The first-order chi connectivity index (χ1) is 53.6. The molecule has 0 radical (unpaired) electrons. The zero-order valence-corrected chi connectivity index (χ0v) is 74.2. The van der Waals surface area contributed by atoms with Crippen molar-refractivity contribution in [2.45, 2.75) is 515 Å². The fraction of sp³-hybridized carbons (Fsp3) is 0.956. The number of phosphoric ester groups is 2. The van der Waals surface area contributed by atoms with Crippen LogP contribution in [0.5, 0.6) is 0 Å². The van der Waals surface area contributed by atoms with Gasteiger partial charge in [0.15, 0.2) is 12.2 Å². The third-order valence-electron chi connectivity index (χ3n) is 21.9. The molecule has 0 aromatic rings. The molecule has 0 saturated carbocycles. The number of unbranched alkanes of at least 4 members (excludes halogenated alkanes) is 62. The number of aliphatic hydroxyl groups is 1. The lowest BCUT2D eigenvalue weighted by atomic mass is 9.99. The molecule has 110 heavy (non-hydrogen) atoms. The smallest absolute Gasteiger partial charge is 0.462 e. The molecule has 0 bridgehead atoms. The van der Waals surface area contributed by atoms with Crippen LogP contribution in [0, 0.1) is 5.92 Å². The molecule has 0 spiro atoms. The normalized spacial score (nSPS) is 13.9. The monoisotopic (exact) mass is 1610 g/mol. The molecule has 0 amide bonds. The number of hydrogen-bond acceptors (Lipinski definition) is 15. The number of aliphatic hydroxyl groups excluding tert-OH is 1. The van der Waals surface area contributed by atoms with Gasteiger partial charge in [0, 0.05) is 25.7 Å². The Labute approximate surface area is 677 Å². The summed E-state index contributed by atoms with van der Waals surface area (Å²) < 4.78 is 69.0.